The summed E-state index contributed by atoms with van der Waals surface area (Å²) in [6.07, 6.45) is 10.6. The largest absolute Gasteiger partial charge is 1.00 e. The van der Waals surface area contributed by atoms with Crippen molar-refractivity contribution in [3.05, 3.63) is 88.4 Å². The van der Waals surface area contributed by atoms with Crippen molar-refractivity contribution in [1.82, 2.24) is 19.9 Å². The fourth-order valence-electron chi connectivity index (χ4n) is 8.19. The second-order valence-electron chi connectivity index (χ2n) is 16.0. The smallest absolute Gasteiger partial charge is 1.00 e. The van der Waals surface area contributed by atoms with Crippen molar-refractivity contribution in [3.63, 3.8) is 0 Å². The van der Waals surface area contributed by atoms with Gasteiger partial charge >= 0.3 is 58.7 Å². The number of nitrogens with zero attached hydrogens (tertiary/aromatic N) is 5. The van der Waals surface area contributed by atoms with E-state index in [2.05, 4.69) is 79.3 Å². The van der Waals surface area contributed by atoms with E-state index in [1.165, 1.54) is 79.7 Å². The maximum absolute atomic E-state index is 12.0. The Kier molecular flexibility index (Phi) is 22.2. The van der Waals surface area contributed by atoms with E-state index in [1.54, 1.807) is 49.4 Å². The molecule has 66 heavy (non-hydrogen) atoms. The van der Waals surface area contributed by atoms with Crippen LogP contribution < -0.4 is 75.3 Å². The number of hydrogen-bond donors (Lipinski definition) is 2. The first kappa shape index (κ1) is 55.2. The van der Waals surface area contributed by atoms with Gasteiger partial charge in [0.25, 0.3) is 0 Å². The Morgan fingerprint density at radius 2 is 1.61 bits per heavy atom. The van der Waals surface area contributed by atoms with Gasteiger partial charge in [0.2, 0.25) is 21.9 Å². The molecule has 0 radical (unpaired) electrons. The van der Waals surface area contributed by atoms with Crippen LogP contribution in [0.25, 0.3) is 21.5 Å². The Hall–Kier alpha value is -1.70. The summed E-state index contributed by atoms with van der Waals surface area (Å²) in [4.78, 5) is 26.8. The molecular formula is C44H56BClF3KN7O4S5+. The van der Waals surface area contributed by atoms with Crippen LogP contribution in [0.3, 0.4) is 0 Å². The van der Waals surface area contributed by atoms with Crippen LogP contribution in [0.1, 0.15) is 61.5 Å². The number of ether oxygens (including phenoxy) is 2. The number of aromatic nitrogens is 3. The average molecular weight is 1050 g/mol. The maximum Gasteiger partial charge on any atom is 1.00 e. The standard InChI is InChI=1S/C26H30N6O4S3.C9H13NS.C8H10S.CH2BClF2.FH.K/c1-16-19(15-31-6-4-21-17(14-31)5-11-37-21)23-24(38-16)22(28-26(29-23)32-7-9-36-10-8-32)18-12-20(30-39(3,33)34)25(35-2)27-13-18;1-2-10-5-3-9-8(7-10)4-6-11-9;1-2-4-8-7(3-1)5-6-9-8;3-1-2(4)5;;/h5,11-13,30H,4,6-10,14-15H2,1-3H3;4,6H,2-3,5,7H2,1H3;5-6H,1-4H2;1H2;1H;/q;;;;;+1. The molecule has 1 unspecified atom stereocenters. The molecule has 0 saturated carbocycles. The summed E-state index contributed by atoms with van der Waals surface area (Å²) in [6.45, 7) is 13.7. The minimum absolute atomic E-state index is 0. The second-order valence-corrected chi connectivity index (χ2v) is 22.3. The van der Waals surface area contributed by atoms with Crippen molar-refractivity contribution < 1.29 is 87.5 Å². The number of morpholine rings is 1. The van der Waals surface area contributed by atoms with Crippen LogP contribution in [0.15, 0.2) is 46.6 Å². The van der Waals surface area contributed by atoms with Gasteiger partial charge in [0, 0.05) is 81.5 Å². The van der Waals surface area contributed by atoms with Crippen molar-refractivity contribution >= 4 is 96.1 Å². The zero-order chi connectivity index (χ0) is 45.2. The minimum atomic E-state index is -3.54. The van der Waals surface area contributed by atoms with Crippen LogP contribution in [0.5, 0.6) is 5.88 Å². The summed E-state index contributed by atoms with van der Waals surface area (Å²) in [7, 11) is -4.43. The number of alkyl halides is 1. The third kappa shape index (κ3) is 14.9. The molecule has 1 aliphatic carbocycles. The fourth-order valence-corrected chi connectivity index (χ4v) is 12.6. The number of quaternary nitrogens is 1. The third-order valence-electron chi connectivity index (χ3n) is 11.5. The molecule has 11 nitrogen and oxygen atoms in total. The number of likely N-dealkylation sites (N-methyl/N-ethyl adjacent to an activating group) is 1. The van der Waals surface area contributed by atoms with Crippen LogP contribution >= 0.6 is 56.9 Å². The summed E-state index contributed by atoms with van der Waals surface area (Å²) in [5.74, 6) is 0.288. The number of pyridine rings is 1. The van der Waals surface area contributed by atoms with E-state index in [0.29, 0.717) is 37.8 Å². The van der Waals surface area contributed by atoms with Crippen molar-refractivity contribution in [2.75, 3.05) is 74.7 Å². The first-order valence-corrected chi connectivity index (χ1v) is 27.5. The number of nitrogens with one attached hydrogen (secondary N) is 2. The molecule has 4 aliphatic rings. The summed E-state index contributed by atoms with van der Waals surface area (Å²) < 4.78 is 59.7. The summed E-state index contributed by atoms with van der Waals surface area (Å²) in [6, 6.07) is 8.53. The molecule has 0 bridgehead atoms. The quantitative estimate of drug-likeness (QED) is 0.167. The number of halogens is 4. The van der Waals surface area contributed by atoms with Gasteiger partial charge in [-0.25, -0.2) is 23.4 Å². The van der Waals surface area contributed by atoms with E-state index in [0.717, 1.165) is 48.2 Å². The van der Waals surface area contributed by atoms with Gasteiger partial charge in [-0.3, -0.25) is 18.3 Å². The summed E-state index contributed by atoms with van der Waals surface area (Å²) in [5.41, 5.74) is 8.47. The van der Waals surface area contributed by atoms with E-state index in [9.17, 15) is 17.0 Å². The van der Waals surface area contributed by atoms with Gasteiger partial charge in [-0.15, -0.1) is 56.9 Å². The number of aryl methyl sites for hydroxylation is 3. The van der Waals surface area contributed by atoms with Gasteiger partial charge in [-0.1, -0.05) is 0 Å². The molecule has 2 N–H and O–H groups in total. The zero-order valence-electron chi connectivity index (χ0n) is 38.1. The van der Waals surface area contributed by atoms with Gasteiger partial charge < -0.3 is 24.0 Å². The Labute approximate surface area is 450 Å². The molecule has 0 amide bonds. The number of thiophene rings is 4. The molecule has 0 aromatic carbocycles. The SMILES string of the molecule is CC[NH+]1CCc2sccc2C1.COc1ncc(-c2nc(N3CCOCC3)nc3c(CN4CCc5sccc5C4)c(C)sc23)cc1NS(C)(=O)=O.FB(F)CCl.[F-].[K+].c1cc2c(s1)CCCC2. The molecule has 1 fully saturated rings. The number of anilines is 2. The van der Waals surface area contributed by atoms with Crippen molar-refractivity contribution in [2.24, 2.45) is 0 Å². The van der Waals surface area contributed by atoms with Gasteiger partial charge in [0.1, 0.15) is 12.2 Å². The van der Waals surface area contributed by atoms with Gasteiger partial charge in [0.05, 0.1) is 61.4 Å². The van der Waals surface area contributed by atoms with Crippen LogP contribution in [-0.4, -0.2) is 101 Å². The molecule has 10 rings (SSSR count). The number of hydrogen-bond acceptors (Lipinski definition) is 13. The number of fused-ring (bicyclic) bond motifs is 4. The van der Waals surface area contributed by atoms with Crippen molar-refractivity contribution in [3.8, 4) is 17.1 Å². The van der Waals surface area contributed by atoms with Crippen molar-refractivity contribution in [1.29, 1.82) is 0 Å². The first-order chi connectivity index (χ1) is 30.9. The van der Waals surface area contributed by atoms with Gasteiger partial charge in [0.15, 0.2) is 0 Å². The van der Waals surface area contributed by atoms with Crippen molar-refractivity contribution in [2.45, 2.75) is 72.0 Å². The molecular weight excluding hydrogens is 993 g/mol. The molecule has 9 heterocycles. The summed E-state index contributed by atoms with van der Waals surface area (Å²) in [5, 5.41) is 6.63. The second kappa shape index (κ2) is 26.5. The molecule has 1 saturated heterocycles. The molecule has 0 spiro atoms. The average Bonchev–Trinajstić information content (AvgIpc) is 4.14. The topological polar surface area (TPSA) is 114 Å². The monoisotopic (exact) mass is 1050 g/mol. The first-order valence-electron chi connectivity index (χ1n) is 21.6. The van der Waals surface area contributed by atoms with E-state index in [-0.39, 0.29) is 67.7 Å². The minimum Gasteiger partial charge on any atom is -1.00 e. The van der Waals surface area contributed by atoms with Crippen LogP contribution in [0.4, 0.5) is 20.3 Å². The predicted molar refractivity (Wildman–Crippen MR) is 263 cm³/mol. The molecule has 6 aromatic rings. The maximum atomic E-state index is 12.0. The van der Waals surface area contributed by atoms with E-state index in [4.69, 9.17) is 19.4 Å². The Bertz CT molecular complexity index is 2560. The summed E-state index contributed by atoms with van der Waals surface area (Å²) >= 11 is 12.0. The zero-order valence-corrected chi connectivity index (χ0v) is 46.1. The van der Waals surface area contributed by atoms with E-state index < -0.39 is 23.1 Å². The number of sulfonamides is 1. The van der Waals surface area contributed by atoms with E-state index in [1.807, 2.05) is 34.0 Å². The Morgan fingerprint density at radius 3 is 2.26 bits per heavy atom. The molecule has 3 aliphatic heterocycles. The van der Waals surface area contributed by atoms with Crippen LogP contribution in [0.2, 0.25) is 0 Å². The van der Waals surface area contributed by atoms with Crippen LogP contribution in [0, 0.1) is 6.92 Å². The van der Waals surface area contributed by atoms with Gasteiger partial charge in [-0.2, -0.15) is 0 Å². The number of rotatable bonds is 9. The molecule has 1 atom stereocenters. The number of methoxy groups -OCH3 is 1. The Balaban J connectivity index is 0.000000244. The predicted octanol–water partition coefficient (Wildman–Crippen LogP) is 2.43. The van der Waals surface area contributed by atoms with Gasteiger partial charge in [-0.05, 0) is 97.5 Å². The molecule has 352 valence electrons. The third-order valence-corrected chi connectivity index (χ3v) is 16.6. The van der Waals surface area contributed by atoms with Crippen LogP contribution in [-0.2, 0) is 60.1 Å². The normalized spacial score (nSPS) is 16.5. The Morgan fingerprint density at radius 1 is 0.955 bits per heavy atom. The molecule has 22 heteroatoms. The van der Waals surface area contributed by atoms with E-state index >= 15 is 0 Å². The fraction of sp³-hybridized carbons (Fsp3) is 0.477. The molecule has 6 aromatic heterocycles.